The van der Waals surface area contributed by atoms with Crippen molar-refractivity contribution in [1.29, 1.82) is 0 Å². The van der Waals surface area contributed by atoms with Gasteiger partial charge in [-0.25, -0.2) is 24.1 Å². The van der Waals surface area contributed by atoms with Crippen LogP contribution in [0.2, 0.25) is 0 Å². The lowest BCUT2D eigenvalue weighted by Crippen LogP contribution is -2.49. The Morgan fingerprint density at radius 2 is 2.06 bits per heavy atom. The number of methoxy groups -OCH3 is 1. The molecule has 0 saturated heterocycles. The Labute approximate surface area is 205 Å². The van der Waals surface area contributed by atoms with E-state index < -0.39 is 23.6 Å². The molecule has 0 fully saturated rings. The second-order valence-corrected chi connectivity index (χ2v) is 10.6. The number of carbonyl (C=O) groups is 1. The summed E-state index contributed by atoms with van der Waals surface area (Å²) in [4.78, 5) is 26.9. The van der Waals surface area contributed by atoms with Crippen molar-refractivity contribution < 1.29 is 23.8 Å². The fraction of sp³-hybridized carbons (Fsp3) is 0.360. The van der Waals surface area contributed by atoms with E-state index in [4.69, 9.17) is 14.5 Å². The van der Waals surface area contributed by atoms with Crippen molar-refractivity contribution >= 4 is 38.7 Å². The first-order chi connectivity index (χ1) is 16.5. The highest BCUT2D eigenvalue weighted by Crippen LogP contribution is 2.43. The number of hydrogen-bond donors (Lipinski definition) is 1. The van der Waals surface area contributed by atoms with E-state index in [1.54, 1.807) is 13.3 Å². The molecular formula is C25H25FN4O4S. The van der Waals surface area contributed by atoms with Crippen molar-refractivity contribution in [1.82, 2.24) is 19.9 Å². The number of aryl methyl sites for hydroxylation is 1. The van der Waals surface area contributed by atoms with Crippen LogP contribution in [0, 0.1) is 12.7 Å². The molecule has 0 unspecified atom stereocenters. The first kappa shape index (κ1) is 23.2. The van der Waals surface area contributed by atoms with Crippen LogP contribution >= 0.6 is 11.3 Å². The number of nitrogens with zero attached hydrogens (tertiary/aromatic N) is 4. The molecule has 2 aromatic carbocycles. The van der Waals surface area contributed by atoms with E-state index in [2.05, 4.69) is 9.97 Å². The molecule has 1 aliphatic rings. The second-order valence-electron chi connectivity index (χ2n) is 9.63. The van der Waals surface area contributed by atoms with Gasteiger partial charge in [-0.1, -0.05) is 0 Å². The minimum absolute atomic E-state index is 0.139. The van der Waals surface area contributed by atoms with Gasteiger partial charge in [0.1, 0.15) is 11.1 Å². The zero-order valence-corrected chi connectivity index (χ0v) is 20.9. The molecule has 1 aliphatic heterocycles. The second kappa shape index (κ2) is 8.30. The Hall–Kier alpha value is -3.53. The first-order valence-electron chi connectivity index (χ1n) is 11.2. The number of fused-ring (bicyclic) bond motifs is 4. The van der Waals surface area contributed by atoms with Crippen LogP contribution in [0.15, 0.2) is 24.4 Å². The minimum atomic E-state index is -1.04. The molecule has 8 nitrogen and oxygen atoms in total. The molecule has 1 N–H and O–H groups in total. The lowest BCUT2D eigenvalue weighted by molar-refractivity contribution is 0.0700. The summed E-state index contributed by atoms with van der Waals surface area (Å²) >= 11 is 1.44. The number of benzene rings is 2. The highest BCUT2D eigenvalue weighted by molar-refractivity contribution is 7.22. The summed E-state index contributed by atoms with van der Waals surface area (Å²) in [5.41, 5.74) is 3.82. The molecule has 0 spiro atoms. The molecule has 182 valence electrons. The van der Waals surface area contributed by atoms with E-state index in [9.17, 15) is 9.90 Å². The zero-order valence-electron chi connectivity index (χ0n) is 20.0. The molecule has 35 heavy (non-hydrogen) atoms. The number of thiazole rings is 1. The summed E-state index contributed by atoms with van der Waals surface area (Å²) in [6.07, 6.45) is 0.445. The number of hydrogen-bond acceptors (Lipinski definition) is 7. The van der Waals surface area contributed by atoms with Gasteiger partial charge in [0.2, 0.25) is 5.88 Å². The van der Waals surface area contributed by atoms with Gasteiger partial charge in [0.05, 0.1) is 41.1 Å². The maximum atomic E-state index is 15.0. The maximum absolute atomic E-state index is 15.0. The smallest absolute Gasteiger partial charge is 0.407 e. The molecule has 0 aliphatic carbocycles. The Bertz CT molecular complexity index is 1480. The van der Waals surface area contributed by atoms with Crippen LogP contribution in [0.25, 0.3) is 31.8 Å². The minimum Gasteiger partial charge on any atom is -0.485 e. The Morgan fingerprint density at radius 1 is 1.29 bits per heavy atom. The van der Waals surface area contributed by atoms with Gasteiger partial charge < -0.3 is 14.6 Å². The molecular weight excluding hydrogens is 471 g/mol. The van der Waals surface area contributed by atoms with Gasteiger partial charge in [-0.3, -0.25) is 4.90 Å². The molecule has 2 aromatic heterocycles. The molecule has 1 atom stereocenters. The summed E-state index contributed by atoms with van der Waals surface area (Å²) in [6, 6.07) is 5.30. The van der Waals surface area contributed by atoms with E-state index in [1.807, 2.05) is 39.8 Å². The standard InChI is InChI=1S/C25H25FN4O4S/c1-12-6-14(20-17(7-12)28-19(33-5)10-27-20)23-29-18-9-16(26)21-15(22(18)35-23)8-13(34-21)11-30(24(31)32)25(2,3)4/h6-7,9-10,13H,8,11H2,1-5H3,(H,31,32)/t13-/m0/s1. The number of halogens is 1. The van der Waals surface area contributed by atoms with Gasteiger partial charge in [-0.2, -0.15) is 0 Å². The number of rotatable bonds is 4. The molecule has 4 aromatic rings. The van der Waals surface area contributed by atoms with Crippen LogP contribution < -0.4 is 9.47 Å². The predicted molar refractivity (Wildman–Crippen MR) is 132 cm³/mol. The van der Waals surface area contributed by atoms with E-state index in [0.29, 0.717) is 33.9 Å². The zero-order chi connectivity index (χ0) is 25.1. The summed E-state index contributed by atoms with van der Waals surface area (Å²) < 4.78 is 27.0. The van der Waals surface area contributed by atoms with Crippen LogP contribution in [-0.2, 0) is 6.42 Å². The van der Waals surface area contributed by atoms with E-state index in [-0.39, 0.29) is 12.3 Å². The lowest BCUT2D eigenvalue weighted by Gasteiger charge is -2.34. The van der Waals surface area contributed by atoms with Gasteiger partial charge in [0, 0.05) is 29.2 Å². The Morgan fingerprint density at radius 3 is 2.74 bits per heavy atom. The molecule has 0 saturated carbocycles. The van der Waals surface area contributed by atoms with Crippen LogP contribution in [0.4, 0.5) is 9.18 Å². The average molecular weight is 497 g/mol. The fourth-order valence-corrected chi connectivity index (χ4v) is 5.51. The predicted octanol–water partition coefficient (Wildman–Crippen LogP) is 5.44. The quantitative estimate of drug-likeness (QED) is 0.401. The Kier molecular flexibility index (Phi) is 5.51. The summed E-state index contributed by atoms with van der Waals surface area (Å²) in [7, 11) is 1.54. The van der Waals surface area contributed by atoms with Crippen molar-refractivity contribution in [2.24, 2.45) is 0 Å². The number of ether oxygens (including phenoxy) is 2. The highest BCUT2D eigenvalue weighted by atomic mass is 32.1. The van der Waals surface area contributed by atoms with E-state index >= 15 is 4.39 Å². The maximum Gasteiger partial charge on any atom is 0.407 e. The molecule has 1 amide bonds. The first-order valence-corrected chi connectivity index (χ1v) is 12.0. The summed E-state index contributed by atoms with van der Waals surface area (Å²) in [5, 5.41) is 10.4. The third-order valence-electron chi connectivity index (χ3n) is 6.03. The van der Waals surface area contributed by atoms with Gasteiger partial charge in [0.15, 0.2) is 11.6 Å². The molecule has 10 heteroatoms. The third kappa shape index (κ3) is 4.12. The summed E-state index contributed by atoms with van der Waals surface area (Å²) in [5.74, 6) is 0.103. The third-order valence-corrected chi connectivity index (χ3v) is 7.20. The van der Waals surface area contributed by atoms with Gasteiger partial charge in [0.25, 0.3) is 0 Å². The lowest BCUT2D eigenvalue weighted by atomic mass is 10.0. The van der Waals surface area contributed by atoms with E-state index in [0.717, 1.165) is 21.4 Å². The average Bonchev–Trinajstić information content (AvgIpc) is 3.40. The number of amides is 1. The molecule has 0 bridgehead atoms. The van der Waals surface area contributed by atoms with Crippen LogP contribution in [0.3, 0.4) is 0 Å². The van der Waals surface area contributed by atoms with Crippen LogP contribution in [-0.4, -0.2) is 56.3 Å². The van der Waals surface area contributed by atoms with Crippen molar-refractivity contribution in [2.45, 2.75) is 45.8 Å². The van der Waals surface area contributed by atoms with Crippen molar-refractivity contribution in [3.05, 3.63) is 41.3 Å². The highest BCUT2D eigenvalue weighted by Gasteiger charge is 2.35. The largest absolute Gasteiger partial charge is 0.485 e. The molecule has 5 rings (SSSR count). The number of aromatic nitrogens is 3. The van der Waals surface area contributed by atoms with Gasteiger partial charge in [-0.15, -0.1) is 11.3 Å². The van der Waals surface area contributed by atoms with E-state index in [1.165, 1.54) is 22.3 Å². The monoisotopic (exact) mass is 496 g/mol. The van der Waals surface area contributed by atoms with Crippen molar-refractivity contribution in [2.75, 3.05) is 13.7 Å². The van der Waals surface area contributed by atoms with Gasteiger partial charge in [-0.05, 0) is 45.4 Å². The normalized spacial score (nSPS) is 15.3. The topological polar surface area (TPSA) is 97.7 Å². The van der Waals surface area contributed by atoms with Crippen molar-refractivity contribution in [3.63, 3.8) is 0 Å². The number of carboxylic acid groups (broad SMARTS) is 1. The van der Waals surface area contributed by atoms with Crippen LogP contribution in [0.5, 0.6) is 11.6 Å². The van der Waals surface area contributed by atoms with Crippen molar-refractivity contribution in [3.8, 4) is 22.2 Å². The SMILES string of the molecule is COc1cnc2c(-c3nc4cc(F)c5c(c4s3)C[C@@H](CN(C(=O)O)C(C)(C)C)O5)cc(C)cc2n1. The molecule has 3 heterocycles. The van der Waals surface area contributed by atoms with Crippen LogP contribution in [0.1, 0.15) is 31.9 Å². The summed E-state index contributed by atoms with van der Waals surface area (Å²) in [6.45, 7) is 7.57. The fourth-order valence-electron chi connectivity index (χ4n) is 4.40. The molecule has 0 radical (unpaired) electrons. The van der Waals surface area contributed by atoms with Gasteiger partial charge >= 0.3 is 6.09 Å². The Balaban J connectivity index is 1.56.